The highest BCUT2D eigenvalue weighted by atomic mass is 16.1. The van der Waals surface area contributed by atoms with E-state index in [1.54, 1.807) is 13.1 Å². The van der Waals surface area contributed by atoms with Gasteiger partial charge >= 0.3 is 0 Å². The first-order chi connectivity index (χ1) is 7.50. The van der Waals surface area contributed by atoms with Crippen LogP contribution in [0.3, 0.4) is 0 Å². The Hall–Kier alpha value is -1.38. The molecule has 0 bridgehead atoms. The van der Waals surface area contributed by atoms with Crippen molar-refractivity contribution in [2.75, 3.05) is 18.5 Å². The summed E-state index contributed by atoms with van der Waals surface area (Å²) >= 11 is 0. The summed E-state index contributed by atoms with van der Waals surface area (Å²) in [6.07, 6.45) is 2.79. The van der Waals surface area contributed by atoms with Gasteiger partial charge in [0.15, 0.2) is 5.78 Å². The van der Waals surface area contributed by atoms with Gasteiger partial charge in [-0.25, -0.2) is 4.98 Å². The minimum Gasteiger partial charge on any atom is -0.360 e. The van der Waals surface area contributed by atoms with Crippen LogP contribution >= 0.6 is 0 Å². The number of hydrogen-bond donors (Lipinski definition) is 0. The Kier molecular flexibility index (Phi) is 4.47. The van der Waals surface area contributed by atoms with Crippen LogP contribution < -0.4 is 4.90 Å². The van der Waals surface area contributed by atoms with Gasteiger partial charge in [0.25, 0.3) is 0 Å². The van der Waals surface area contributed by atoms with Gasteiger partial charge in [-0.3, -0.25) is 4.79 Å². The molecule has 16 heavy (non-hydrogen) atoms. The number of nitrogens with zero attached hydrogens (tertiary/aromatic N) is 2. The predicted octanol–water partition coefficient (Wildman–Crippen LogP) is 2.77. The SMILES string of the molecule is CC(=O)c1ccc(N(C)CCC(C)C)nc1. The Balaban J connectivity index is 2.63. The highest BCUT2D eigenvalue weighted by Gasteiger charge is 2.05. The predicted molar refractivity (Wildman–Crippen MR) is 67.0 cm³/mol. The fourth-order valence-electron chi connectivity index (χ4n) is 1.39. The van der Waals surface area contributed by atoms with E-state index in [1.165, 1.54) is 0 Å². The van der Waals surface area contributed by atoms with E-state index in [2.05, 4.69) is 23.7 Å². The summed E-state index contributed by atoms with van der Waals surface area (Å²) in [6, 6.07) is 3.73. The van der Waals surface area contributed by atoms with Crippen molar-refractivity contribution in [2.45, 2.75) is 27.2 Å². The molecule has 0 spiro atoms. The lowest BCUT2D eigenvalue weighted by Gasteiger charge is -2.19. The molecule has 0 saturated heterocycles. The lowest BCUT2D eigenvalue weighted by molar-refractivity contribution is 0.101. The molecule has 3 nitrogen and oxygen atoms in total. The number of carbonyl (C=O) groups excluding carboxylic acids is 1. The molecule has 0 fully saturated rings. The van der Waals surface area contributed by atoms with Crippen LogP contribution in [-0.4, -0.2) is 24.4 Å². The van der Waals surface area contributed by atoms with Gasteiger partial charge in [0, 0.05) is 25.4 Å². The first-order valence-electron chi connectivity index (χ1n) is 5.69. The van der Waals surface area contributed by atoms with E-state index in [1.807, 2.05) is 19.2 Å². The lowest BCUT2D eigenvalue weighted by Crippen LogP contribution is -2.21. The molecule has 3 heteroatoms. The van der Waals surface area contributed by atoms with Crippen molar-refractivity contribution < 1.29 is 4.79 Å². The van der Waals surface area contributed by atoms with Crippen LogP contribution in [0, 0.1) is 5.92 Å². The average Bonchev–Trinajstić information content (AvgIpc) is 2.26. The monoisotopic (exact) mass is 220 g/mol. The maximum Gasteiger partial charge on any atom is 0.161 e. The second kappa shape index (κ2) is 5.64. The molecule has 1 heterocycles. The van der Waals surface area contributed by atoms with E-state index in [0.717, 1.165) is 18.8 Å². The summed E-state index contributed by atoms with van der Waals surface area (Å²) in [7, 11) is 2.03. The van der Waals surface area contributed by atoms with Crippen molar-refractivity contribution in [1.29, 1.82) is 0 Å². The van der Waals surface area contributed by atoms with E-state index in [4.69, 9.17) is 0 Å². The van der Waals surface area contributed by atoms with Gasteiger partial charge in [-0.1, -0.05) is 13.8 Å². The van der Waals surface area contributed by atoms with Crippen molar-refractivity contribution in [3.05, 3.63) is 23.9 Å². The topological polar surface area (TPSA) is 33.2 Å². The van der Waals surface area contributed by atoms with Crippen LogP contribution in [-0.2, 0) is 0 Å². The van der Waals surface area contributed by atoms with E-state index in [-0.39, 0.29) is 5.78 Å². The van der Waals surface area contributed by atoms with Crippen molar-refractivity contribution >= 4 is 11.6 Å². The second-order valence-electron chi connectivity index (χ2n) is 4.57. The van der Waals surface area contributed by atoms with Crippen LogP contribution in [0.4, 0.5) is 5.82 Å². The minimum absolute atomic E-state index is 0.0592. The zero-order chi connectivity index (χ0) is 12.1. The number of ketones is 1. The Labute approximate surface area is 97.5 Å². The van der Waals surface area contributed by atoms with Crippen molar-refractivity contribution in [1.82, 2.24) is 4.98 Å². The molecule has 0 unspecified atom stereocenters. The highest BCUT2D eigenvalue weighted by molar-refractivity contribution is 5.93. The van der Waals surface area contributed by atoms with Crippen LogP contribution in [0.2, 0.25) is 0 Å². The molecule has 1 rings (SSSR count). The molecule has 1 aromatic heterocycles. The van der Waals surface area contributed by atoms with Gasteiger partial charge < -0.3 is 4.90 Å². The maximum absolute atomic E-state index is 11.1. The highest BCUT2D eigenvalue weighted by Crippen LogP contribution is 2.11. The number of rotatable bonds is 5. The molecule has 0 aliphatic carbocycles. The molecule has 0 N–H and O–H groups in total. The molecule has 0 saturated carbocycles. The third kappa shape index (κ3) is 3.65. The number of anilines is 1. The molecule has 0 aliphatic heterocycles. The summed E-state index contributed by atoms with van der Waals surface area (Å²) in [5, 5.41) is 0. The van der Waals surface area contributed by atoms with Crippen molar-refractivity contribution in [3.63, 3.8) is 0 Å². The first kappa shape index (κ1) is 12.7. The van der Waals surface area contributed by atoms with Crippen LogP contribution in [0.25, 0.3) is 0 Å². The summed E-state index contributed by atoms with van der Waals surface area (Å²) in [6.45, 7) is 6.96. The number of hydrogen-bond acceptors (Lipinski definition) is 3. The molecule has 0 radical (unpaired) electrons. The Morgan fingerprint density at radius 2 is 2.12 bits per heavy atom. The summed E-state index contributed by atoms with van der Waals surface area (Å²) in [5.74, 6) is 1.67. The zero-order valence-corrected chi connectivity index (χ0v) is 10.5. The molecular weight excluding hydrogens is 200 g/mol. The standard InChI is InChI=1S/C13H20N2O/c1-10(2)7-8-15(4)13-6-5-12(9-14-13)11(3)16/h5-6,9-10H,7-8H2,1-4H3. The third-order valence-electron chi connectivity index (χ3n) is 2.59. The smallest absolute Gasteiger partial charge is 0.161 e. The third-order valence-corrected chi connectivity index (χ3v) is 2.59. The van der Waals surface area contributed by atoms with Crippen LogP contribution in [0.5, 0.6) is 0 Å². The molecule has 0 aromatic carbocycles. The normalized spacial score (nSPS) is 10.6. The summed E-state index contributed by atoms with van der Waals surface area (Å²) in [4.78, 5) is 17.5. The van der Waals surface area contributed by atoms with Gasteiger partial charge in [0.1, 0.15) is 5.82 Å². The van der Waals surface area contributed by atoms with Gasteiger partial charge in [-0.05, 0) is 31.4 Å². The second-order valence-corrected chi connectivity index (χ2v) is 4.57. The largest absolute Gasteiger partial charge is 0.360 e. The summed E-state index contributed by atoms with van der Waals surface area (Å²) < 4.78 is 0. The zero-order valence-electron chi connectivity index (χ0n) is 10.5. The molecule has 88 valence electrons. The molecule has 0 amide bonds. The fraction of sp³-hybridized carbons (Fsp3) is 0.538. The first-order valence-corrected chi connectivity index (χ1v) is 5.69. The lowest BCUT2D eigenvalue weighted by atomic mass is 10.1. The van der Waals surface area contributed by atoms with E-state index in [0.29, 0.717) is 11.5 Å². The van der Waals surface area contributed by atoms with E-state index >= 15 is 0 Å². The van der Waals surface area contributed by atoms with Crippen LogP contribution in [0.15, 0.2) is 18.3 Å². The van der Waals surface area contributed by atoms with Gasteiger partial charge in [0.2, 0.25) is 0 Å². The van der Waals surface area contributed by atoms with Gasteiger partial charge in [0.05, 0.1) is 0 Å². The number of pyridine rings is 1. The van der Waals surface area contributed by atoms with Crippen LogP contribution in [0.1, 0.15) is 37.6 Å². The van der Waals surface area contributed by atoms with Gasteiger partial charge in [-0.15, -0.1) is 0 Å². The minimum atomic E-state index is 0.0592. The molecule has 0 atom stereocenters. The average molecular weight is 220 g/mol. The van der Waals surface area contributed by atoms with Crippen molar-refractivity contribution in [2.24, 2.45) is 5.92 Å². The van der Waals surface area contributed by atoms with E-state index in [9.17, 15) is 4.79 Å². The quantitative estimate of drug-likeness (QED) is 0.715. The molecular formula is C13H20N2O. The number of carbonyl (C=O) groups is 1. The van der Waals surface area contributed by atoms with E-state index < -0.39 is 0 Å². The summed E-state index contributed by atoms with van der Waals surface area (Å²) in [5.41, 5.74) is 0.668. The Bertz CT molecular complexity index is 343. The Morgan fingerprint density at radius 3 is 2.56 bits per heavy atom. The van der Waals surface area contributed by atoms with Gasteiger partial charge in [-0.2, -0.15) is 0 Å². The maximum atomic E-state index is 11.1. The number of Topliss-reactive ketones (excluding diaryl/α,β-unsaturated/α-hetero) is 1. The van der Waals surface area contributed by atoms with Crippen molar-refractivity contribution in [3.8, 4) is 0 Å². The fourth-order valence-corrected chi connectivity index (χ4v) is 1.39. The molecule has 0 aliphatic rings. The molecule has 1 aromatic rings. The Morgan fingerprint density at radius 1 is 1.44 bits per heavy atom. The number of aromatic nitrogens is 1.